The summed E-state index contributed by atoms with van der Waals surface area (Å²) in [5, 5.41) is 3.65. The van der Waals surface area contributed by atoms with Gasteiger partial charge in [0.1, 0.15) is 11.6 Å². The van der Waals surface area contributed by atoms with Crippen LogP contribution in [0.1, 0.15) is 11.1 Å². The number of halogens is 3. The van der Waals surface area contributed by atoms with E-state index in [1.807, 2.05) is 6.07 Å². The van der Waals surface area contributed by atoms with Crippen molar-refractivity contribution in [3.05, 3.63) is 56.8 Å². The largest absolute Gasteiger partial charge is 0.493 e. The van der Waals surface area contributed by atoms with E-state index in [-0.39, 0.29) is 5.82 Å². The third-order valence-electron chi connectivity index (χ3n) is 3.22. The molecule has 2 aromatic carbocycles. The van der Waals surface area contributed by atoms with Gasteiger partial charge < -0.3 is 10.1 Å². The molecule has 0 spiro atoms. The highest BCUT2D eigenvalue weighted by Gasteiger charge is 2.17. The van der Waals surface area contributed by atoms with Crippen LogP contribution in [0.2, 0.25) is 5.02 Å². The highest BCUT2D eigenvalue weighted by atomic mass is 79.9. The summed E-state index contributed by atoms with van der Waals surface area (Å²) in [5.41, 5.74) is 2.81. The van der Waals surface area contributed by atoms with Crippen LogP contribution in [0.15, 0.2) is 34.8 Å². The molecular weight excluding hydrogens is 345 g/mol. The van der Waals surface area contributed by atoms with Crippen molar-refractivity contribution in [1.82, 2.24) is 0 Å². The van der Waals surface area contributed by atoms with Gasteiger partial charge in [-0.15, -0.1) is 0 Å². The van der Waals surface area contributed by atoms with Gasteiger partial charge in [0, 0.05) is 23.0 Å². The topological polar surface area (TPSA) is 21.3 Å². The zero-order valence-electron chi connectivity index (χ0n) is 10.6. The standard InChI is InChI=1S/C15H12BrClFNO/c16-11-5-9-3-4-20-15(9)10(6-11)8-19-14-7-12(18)1-2-13(14)17/h1-2,5-7,19H,3-4,8H2. The highest BCUT2D eigenvalue weighted by molar-refractivity contribution is 9.10. The van der Waals surface area contributed by atoms with Crippen LogP contribution in [-0.2, 0) is 13.0 Å². The molecule has 0 saturated carbocycles. The van der Waals surface area contributed by atoms with Gasteiger partial charge in [0.2, 0.25) is 0 Å². The zero-order chi connectivity index (χ0) is 14.1. The molecule has 3 rings (SSSR count). The lowest BCUT2D eigenvalue weighted by Gasteiger charge is -2.12. The first-order valence-electron chi connectivity index (χ1n) is 6.26. The number of rotatable bonds is 3. The first-order chi connectivity index (χ1) is 9.63. The fraction of sp³-hybridized carbons (Fsp3) is 0.200. The van der Waals surface area contributed by atoms with Crippen molar-refractivity contribution in [2.75, 3.05) is 11.9 Å². The summed E-state index contributed by atoms with van der Waals surface area (Å²) in [6.07, 6.45) is 0.919. The molecular formula is C15H12BrClFNO. The molecule has 104 valence electrons. The van der Waals surface area contributed by atoms with E-state index < -0.39 is 0 Å². The highest BCUT2D eigenvalue weighted by Crippen LogP contribution is 2.34. The van der Waals surface area contributed by atoms with Crippen molar-refractivity contribution in [1.29, 1.82) is 0 Å². The Bertz CT molecular complexity index is 663. The molecule has 5 heteroatoms. The fourth-order valence-electron chi connectivity index (χ4n) is 2.30. The Kier molecular flexibility index (Phi) is 3.85. The van der Waals surface area contributed by atoms with E-state index in [9.17, 15) is 4.39 Å². The van der Waals surface area contributed by atoms with Crippen molar-refractivity contribution in [2.45, 2.75) is 13.0 Å². The Morgan fingerprint density at radius 2 is 2.15 bits per heavy atom. The predicted octanol–water partition coefficient (Wildman–Crippen LogP) is 4.79. The van der Waals surface area contributed by atoms with Gasteiger partial charge in [0.15, 0.2) is 0 Å². The van der Waals surface area contributed by atoms with Gasteiger partial charge in [-0.25, -0.2) is 4.39 Å². The summed E-state index contributed by atoms with van der Waals surface area (Å²) in [4.78, 5) is 0. The van der Waals surface area contributed by atoms with Crippen molar-refractivity contribution in [2.24, 2.45) is 0 Å². The van der Waals surface area contributed by atoms with Crippen LogP contribution in [0.4, 0.5) is 10.1 Å². The van der Waals surface area contributed by atoms with Crippen LogP contribution in [0.5, 0.6) is 5.75 Å². The molecule has 1 aliphatic heterocycles. The second-order valence-corrected chi connectivity index (χ2v) is 5.95. The van der Waals surface area contributed by atoms with Gasteiger partial charge >= 0.3 is 0 Å². The Hall–Kier alpha value is -1.26. The van der Waals surface area contributed by atoms with Gasteiger partial charge in [-0.2, -0.15) is 0 Å². The zero-order valence-corrected chi connectivity index (χ0v) is 12.9. The SMILES string of the molecule is Fc1ccc(Cl)c(NCc2cc(Br)cc3c2OCC3)c1. The normalized spacial score (nSPS) is 12.9. The molecule has 0 aromatic heterocycles. The molecule has 0 saturated heterocycles. The van der Waals surface area contributed by atoms with E-state index in [0.717, 1.165) is 22.2 Å². The Morgan fingerprint density at radius 3 is 3.00 bits per heavy atom. The van der Waals surface area contributed by atoms with Gasteiger partial charge in [-0.3, -0.25) is 0 Å². The third kappa shape index (κ3) is 2.76. The van der Waals surface area contributed by atoms with Gasteiger partial charge in [-0.05, 0) is 35.9 Å². The number of benzene rings is 2. The molecule has 0 unspecified atom stereocenters. The van der Waals surface area contributed by atoms with Gasteiger partial charge in [0.25, 0.3) is 0 Å². The molecule has 1 N–H and O–H groups in total. The molecule has 2 aromatic rings. The average molecular weight is 357 g/mol. The van der Waals surface area contributed by atoms with E-state index in [4.69, 9.17) is 16.3 Å². The van der Waals surface area contributed by atoms with E-state index >= 15 is 0 Å². The van der Waals surface area contributed by atoms with Crippen molar-refractivity contribution >= 4 is 33.2 Å². The second-order valence-electron chi connectivity index (χ2n) is 4.63. The summed E-state index contributed by atoms with van der Waals surface area (Å²) in [6.45, 7) is 1.24. The Labute approximate surface area is 130 Å². The lowest BCUT2D eigenvalue weighted by molar-refractivity contribution is 0.354. The van der Waals surface area contributed by atoms with E-state index in [1.165, 1.54) is 17.7 Å². The molecule has 0 fully saturated rings. The summed E-state index contributed by atoms with van der Waals surface area (Å²) in [7, 11) is 0. The number of hydrogen-bond acceptors (Lipinski definition) is 2. The molecule has 1 aliphatic rings. The second kappa shape index (κ2) is 5.62. The molecule has 0 amide bonds. The molecule has 2 nitrogen and oxygen atoms in total. The summed E-state index contributed by atoms with van der Waals surface area (Å²) < 4.78 is 19.9. The van der Waals surface area contributed by atoms with Gasteiger partial charge in [-0.1, -0.05) is 27.5 Å². The van der Waals surface area contributed by atoms with E-state index in [2.05, 4.69) is 27.3 Å². The number of anilines is 1. The predicted molar refractivity (Wildman–Crippen MR) is 82.1 cm³/mol. The van der Waals surface area contributed by atoms with Crippen LogP contribution >= 0.6 is 27.5 Å². The summed E-state index contributed by atoms with van der Waals surface area (Å²) >= 11 is 9.54. The Morgan fingerprint density at radius 1 is 1.30 bits per heavy atom. The molecule has 1 heterocycles. The average Bonchev–Trinajstić information content (AvgIpc) is 2.87. The maximum atomic E-state index is 13.2. The van der Waals surface area contributed by atoms with Crippen LogP contribution < -0.4 is 10.1 Å². The molecule has 0 aliphatic carbocycles. The minimum atomic E-state index is -0.312. The monoisotopic (exact) mass is 355 g/mol. The maximum Gasteiger partial charge on any atom is 0.127 e. The van der Waals surface area contributed by atoms with Crippen LogP contribution in [0.3, 0.4) is 0 Å². The van der Waals surface area contributed by atoms with E-state index in [1.54, 1.807) is 6.07 Å². The minimum Gasteiger partial charge on any atom is -0.493 e. The van der Waals surface area contributed by atoms with E-state index in [0.29, 0.717) is 23.9 Å². The first kappa shape index (κ1) is 13.7. The fourth-order valence-corrected chi connectivity index (χ4v) is 3.04. The number of fused-ring (bicyclic) bond motifs is 1. The quantitative estimate of drug-likeness (QED) is 0.854. The lowest BCUT2D eigenvalue weighted by Crippen LogP contribution is -2.02. The van der Waals surface area contributed by atoms with Crippen molar-refractivity contribution in [3.63, 3.8) is 0 Å². The number of hydrogen-bond donors (Lipinski definition) is 1. The van der Waals surface area contributed by atoms with Crippen LogP contribution in [-0.4, -0.2) is 6.61 Å². The first-order valence-corrected chi connectivity index (χ1v) is 7.43. The number of nitrogens with one attached hydrogen (secondary N) is 1. The minimum absolute atomic E-state index is 0.312. The van der Waals surface area contributed by atoms with Crippen LogP contribution in [0, 0.1) is 5.82 Å². The molecule has 0 atom stereocenters. The lowest BCUT2D eigenvalue weighted by atomic mass is 10.1. The van der Waals surface area contributed by atoms with Gasteiger partial charge in [0.05, 0.1) is 17.3 Å². The summed E-state index contributed by atoms with van der Waals surface area (Å²) in [5.74, 6) is 0.612. The molecule has 0 bridgehead atoms. The summed E-state index contributed by atoms with van der Waals surface area (Å²) in [6, 6.07) is 8.35. The molecule has 0 radical (unpaired) electrons. The molecule has 20 heavy (non-hydrogen) atoms. The van der Waals surface area contributed by atoms with Crippen molar-refractivity contribution in [3.8, 4) is 5.75 Å². The third-order valence-corrected chi connectivity index (χ3v) is 4.01. The smallest absolute Gasteiger partial charge is 0.127 e. The number of ether oxygens (including phenoxy) is 1. The van der Waals surface area contributed by atoms with Crippen LogP contribution in [0.25, 0.3) is 0 Å². The maximum absolute atomic E-state index is 13.2. The van der Waals surface area contributed by atoms with Crippen molar-refractivity contribution < 1.29 is 9.13 Å². The Balaban J connectivity index is 1.84.